The number of phosphoric ester groups is 3. The molecule has 0 saturated carbocycles. The molecule has 0 fully saturated rings. The zero-order chi connectivity index (χ0) is 33.4. The molecule has 46 heavy (non-hydrogen) atoms. The van der Waals surface area contributed by atoms with E-state index in [-0.39, 0.29) is 54.4 Å². The van der Waals surface area contributed by atoms with Crippen molar-refractivity contribution in [2.45, 2.75) is 59.3 Å². The van der Waals surface area contributed by atoms with Crippen LogP contribution in [0.1, 0.15) is 59.3 Å². The van der Waals surface area contributed by atoms with Crippen LogP contribution < -0.4 is 28.3 Å². The van der Waals surface area contributed by atoms with E-state index in [1.807, 2.05) is 20.8 Å². The zero-order valence-corrected chi connectivity index (χ0v) is 30.2. The summed E-state index contributed by atoms with van der Waals surface area (Å²) >= 11 is 0. The molecule has 0 aliphatic rings. The second-order valence-corrected chi connectivity index (χ2v) is 13.1. The zero-order valence-electron chi connectivity index (χ0n) is 26.3. The van der Waals surface area contributed by atoms with Crippen LogP contribution >= 0.6 is 23.5 Å². The molecule has 0 radical (unpaired) electrons. The third kappa shape index (κ3) is 23.4. The number of hydrogen-bond acceptors (Lipinski definition) is 12. The van der Waals surface area contributed by atoms with E-state index in [1.165, 1.54) is 0 Å². The molecule has 0 saturated heterocycles. The summed E-state index contributed by atoms with van der Waals surface area (Å²) < 4.78 is 61.9. The van der Waals surface area contributed by atoms with E-state index in [1.54, 1.807) is 91.0 Å². The van der Waals surface area contributed by atoms with E-state index in [2.05, 4.69) is 13.6 Å². The predicted molar refractivity (Wildman–Crippen MR) is 172 cm³/mol. The van der Waals surface area contributed by atoms with Gasteiger partial charge in [0.25, 0.3) is 0 Å². The summed E-state index contributed by atoms with van der Waals surface area (Å²) in [6.07, 6.45) is 4.74. The molecule has 16 heteroatoms. The number of unbranched alkanes of at least 4 members (excludes halogenated alkanes) is 3. The van der Waals surface area contributed by atoms with Crippen molar-refractivity contribution in [3.63, 3.8) is 0 Å². The molecule has 0 heterocycles. The first-order valence-electron chi connectivity index (χ1n) is 14.5. The van der Waals surface area contributed by atoms with Crippen LogP contribution in [0.5, 0.6) is 17.2 Å². The van der Waals surface area contributed by atoms with Gasteiger partial charge in [0, 0.05) is 0 Å². The molecule has 0 bridgehead atoms. The second-order valence-electron chi connectivity index (χ2n) is 9.11. The predicted octanol–water partition coefficient (Wildman–Crippen LogP) is 6.67. The SMILES string of the molecule is CCCCOP(=O)([O-])Oc1ccccc1.CCCCOP(=O)([O-])Oc1ccccc1.CCCCOP(=O)([O-])Oc1ccccc1.[Al+3]. The summed E-state index contributed by atoms with van der Waals surface area (Å²) in [6.45, 7) is 6.38. The summed E-state index contributed by atoms with van der Waals surface area (Å²) in [7, 11) is -12.6. The molecular formula is C30H42AlO12P3. The minimum atomic E-state index is -4.19. The largest absolute Gasteiger partial charge is 3.00 e. The van der Waals surface area contributed by atoms with Crippen molar-refractivity contribution in [3.05, 3.63) is 91.0 Å². The van der Waals surface area contributed by atoms with E-state index in [0.717, 1.165) is 19.3 Å². The summed E-state index contributed by atoms with van der Waals surface area (Å²) in [4.78, 5) is 33.8. The third-order valence-corrected chi connectivity index (χ3v) is 7.92. The molecule has 0 N–H and O–H groups in total. The van der Waals surface area contributed by atoms with Gasteiger partial charge < -0.3 is 41.8 Å². The van der Waals surface area contributed by atoms with Gasteiger partial charge in [0.2, 0.25) is 0 Å². The van der Waals surface area contributed by atoms with Crippen LogP contribution in [0.15, 0.2) is 91.0 Å². The average Bonchev–Trinajstić information content (AvgIpc) is 2.99. The Hall–Kier alpha value is -1.96. The van der Waals surface area contributed by atoms with Gasteiger partial charge in [0.05, 0.1) is 19.8 Å². The van der Waals surface area contributed by atoms with Crippen molar-refractivity contribution in [1.29, 1.82) is 0 Å². The van der Waals surface area contributed by atoms with Crippen molar-refractivity contribution in [2.75, 3.05) is 19.8 Å². The molecule has 252 valence electrons. The van der Waals surface area contributed by atoms with Crippen LogP contribution in [0.3, 0.4) is 0 Å². The maximum absolute atomic E-state index is 11.3. The van der Waals surface area contributed by atoms with Gasteiger partial charge in [-0.3, -0.25) is 13.7 Å². The summed E-state index contributed by atoms with van der Waals surface area (Å²) in [5, 5.41) is 0. The second kappa shape index (κ2) is 25.1. The van der Waals surface area contributed by atoms with Gasteiger partial charge >= 0.3 is 40.8 Å². The van der Waals surface area contributed by atoms with Gasteiger partial charge in [-0.2, -0.15) is 0 Å². The average molecular weight is 715 g/mol. The Morgan fingerprint density at radius 3 is 0.870 bits per heavy atom. The van der Waals surface area contributed by atoms with Crippen LogP contribution in [-0.4, -0.2) is 37.2 Å². The third-order valence-electron chi connectivity index (χ3n) is 5.12. The van der Waals surface area contributed by atoms with Crippen molar-refractivity contribution < 1.29 is 55.5 Å². The van der Waals surface area contributed by atoms with Crippen LogP contribution in [0, 0.1) is 0 Å². The minimum Gasteiger partial charge on any atom is -0.746 e. The van der Waals surface area contributed by atoms with E-state index < -0.39 is 23.5 Å². The van der Waals surface area contributed by atoms with Gasteiger partial charge in [0.15, 0.2) is 0 Å². The first-order valence-corrected chi connectivity index (χ1v) is 18.9. The Bertz CT molecular complexity index is 1140. The molecule has 3 rings (SSSR count). The summed E-state index contributed by atoms with van der Waals surface area (Å²) in [5.74, 6) is 0.812. The summed E-state index contributed by atoms with van der Waals surface area (Å²) in [5.41, 5.74) is 0. The quantitative estimate of drug-likeness (QED) is 0.0778. The van der Waals surface area contributed by atoms with Crippen molar-refractivity contribution in [2.24, 2.45) is 0 Å². The topological polar surface area (TPSA) is 176 Å². The Balaban J connectivity index is 0.000000653. The molecule has 3 aromatic rings. The maximum atomic E-state index is 11.3. The van der Waals surface area contributed by atoms with Crippen LogP contribution in [-0.2, 0) is 27.3 Å². The van der Waals surface area contributed by atoms with Gasteiger partial charge in [-0.1, -0.05) is 94.6 Å². The Morgan fingerprint density at radius 1 is 0.457 bits per heavy atom. The maximum Gasteiger partial charge on any atom is 3.00 e. The van der Waals surface area contributed by atoms with Gasteiger partial charge in [-0.15, -0.1) is 0 Å². The molecule has 3 atom stereocenters. The van der Waals surface area contributed by atoms with E-state index in [0.29, 0.717) is 19.3 Å². The standard InChI is InChI=1S/3C10H15O4P.Al/c3*1-2-3-9-13-15(11,12)14-10-7-5-4-6-8-10;/h3*4-8H,2-3,9H2,1H3,(H,11,12);/q;;;+3/p-3. The normalized spacial score (nSPS) is 14.2. The molecule has 0 amide bonds. The van der Waals surface area contributed by atoms with Crippen LogP contribution in [0.2, 0.25) is 0 Å². The molecule has 0 aliphatic heterocycles. The first kappa shape index (κ1) is 44.0. The van der Waals surface area contributed by atoms with Crippen LogP contribution in [0.4, 0.5) is 0 Å². The molecule has 0 aromatic heterocycles. The Labute approximate surface area is 283 Å². The summed E-state index contributed by atoms with van der Waals surface area (Å²) in [6, 6.07) is 24.9. The van der Waals surface area contributed by atoms with Crippen molar-refractivity contribution in [3.8, 4) is 17.2 Å². The molecule has 0 aliphatic carbocycles. The van der Waals surface area contributed by atoms with Crippen LogP contribution in [0.25, 0.3) is 0 Å². The Kier molecular flexibility index (Phi) is 24.0. The molecule has 12 nitrogen and oxygen atoms in total. The van der Waals surface area contributed by atoms with Gasteiger partial charge in [-0.05, 0) is 55.7 Å². The van der Waals surface area contributed by atoms with Crippen molar-refractivity contribution >= 4 is 40.8 Å². The van der Waals surface area contributed by atoms with Gasteiger partial charge in [0.1, 0.15) is 17.2 Å². The fourth-order valence-electron chi connectivity index (χ4n) is 2.87. The molecule has 3 unspecified atom stereocenters. The first-order chi connectivity index (χ1) is 21.4. The number of hydrogen-bond donors (Lipinski definition) is 0. The fraction of sp³-hybridized carbons (Fsp3) is 0.400. The number of rotatable bonds is 18. The van der Waals surface area contributed by atoms with E-state index in [9.17, 15) is 28.4 Å². The number of phosphoric acid groups is 3. The molecule has 3 aromatic carbocycles. The van der Waals surface area contributed by atoms with Gasteiger partial charge in [-0.25, -0.2) is 0 Å². The molecular weight excluding hydrogens is 672 g/mol. The molecule has 0 spiro atoms. The van der Waals surface area contributed by atoms with E-state index >= 15 is 0 Å². The smallest absolute Gasteiger partial charge is 0.746 e. The van der Waals surface area contributed by atoms with Crippen molar-refractivity contribution in [1.82, 2.24) is 0 Å². The number of benzene rings is 3. The Morgan fingerprint density at radius 2 is 0.674 bits per heavy atom. The van der Waals surface area contributed by atoms with E-state index in [4.69, 9.17) is 13.6 Å². The fourth-order valence-corrected chi connectivity index (χ4v) is 5.23. The minimum absolute atomic E-state index is 0. The number of para-hydroxylation sites is 3. The monoisotopic (exact) mass is 714 g/mol.